The number of carbonyl (C=O) groups excluding carboxylic acids is 1. The summed E-state index contributed by atoms with van der Waals surface area (Å²) < 4.78 is 10.3. The van der Waals surface area contributed by atoms with E-state index in [-0.39, 0.29) is 17.1 Å². The molecule has 19 heavy (non-hydrogen) atoms. The minimum absolute atomic E-state index is 0.0438. The summed E-state index contributed by atoms with van der Waals surface area (Å²) in [5.41, 5.74) is 5.18. The molecule has 1 saturated heterocycles. The molecule has 4 atom stereocenters. The van der Waals surface area contributed by atoms with Gasteiger partial charge in [0.2, 0.25) is 0 Å². The fourth-order valence-electron chi connectivity index (χ4n) is 2.04. The molecule has 0 saturated carbocycles. The zero-order valence-electron chi connectivity index (χ0n) is 10.1. The van der Waals surface area contributed by atoms with E-state index in [0.29, 0.717) is 0 Å². The summed E-state index contributed by atoms with van der Waals surface area (Å²) in [6, 6.07) is 0. The molecule has 9 nitrogen and oxygen atoms in total. The number of methoxy groups -OCH3 is 1. The summed E-state index contributed by atoms with van der Waals surface area (Å²) in [5, 5.41) is 34.7. The van der Waals surface area contributed by atoms with Crippen molar-refractivity contribution in [1.29, 1.82) is 0 Å². The fraction of sp³-hybridized carbons (Fsp3) is 0.600. The number of aliphatic hydroxyl groups excluding tert-OH is 3. The minimum Gasteiger partial charge on any atom is -0.492 e. The topological polar surface area (TPSA) is 151 Å². The Bertz CT molecular complexity index is 476. The summed E-state index contributed by atoms with van der Waals surface area (Å²) in [4.78, 5) is 11.2. The molecule has 1 fully saturated rings. The van der Waals surface area contributed by atoms with Gasteiger partial charge in [-0.2, -0.15) is 5.10 Å². The first-order chi connectivity index (χ1) is 9.01. The number of amides is 1. The lowest BCUT2D eigenvalue weighted by Crippen LogP contribution is -2.32. The lowest BCUT2D eigenvalue weighted by molar-refractivity contribution is -0.0245. The number of nitrogens with one attached hydrogen (secondary N) is 1. The molecule has 0 aliphatic carbocycles. The third-order valence-electron chi connectivity index (χ3n) is 3.01. The number of nitrogens with two attached hydrogens (primary N) is 1. The van der Waals surface area contributed by atoms with E-state index in [2.05, 4.69) is 10.2 Å². The molecule has 6 N–H and O–H groups in total. The van der Waals surface area contributed by atoms with E-state index in [1.807, 2.05) is 0 Å². The van der Waals surface area contributed by atoms with E-state index >= 15 is 0 Å². The van der Waals surface area contributed by atoms with Crippen molar-refractivity contribution in [3.05, 3.63) is 11.4 Å². The van der Waals surface area contributed by atoms with Crippen LogP contribution in [-0.2, 0) is 4.74 Å². The molecule has 0 bridgehead atoms. The lowest BCUT2D eigenvalue weighted by atomic mass is 10.1. The van der Waals surface area contributed by atoms with Crippen molar-refractivity contribution in [3.63, 3.8) is 0 Å². The Morgan fingerprint density at radius 3 is 2.68 bits per heavy atom. The number of aromatic amines is 1. The molecule has 1 amide bonds. The van der Waals surface area contributed by atoms with Gasteiger partial charge in [-0.3, -0.25) is 9.89 Å². The number of ether oxygens (including phenoxy) is 2. The number of nitrogens with zero attached hydrogens (tertiary/aromatic N) is 1. The Morgan fingerprint density at radius 2 is 2.21 bits per heavy atom. The molecule has 1 aromatic rings. The largest absolute Gasteiger partial charge is 0.492 e. The number of H-pyrrole nitrogens is 1. The lowest BCUT2D eigenvalue weighted by Gasteiger charge is -2.13. The highest BCUT2D eigenvalue weighted by Gasteiger charge is 2.45. The minimum atomic E-state index is -1.30. The van der Waals surface area contributed by atoms with E-state index in [9.17, 15) is 15.0 Å². The average molecular weight is 273 g/mol. The fourth-order valence-corrected chi connectivity index (χ4v) is 2.04. The van der Waals surface area contributed by atoms with Crippen LogP contribution in [-0.4, -0.2) is 63.5 Å². The maximum atomic E-state index is 11.2. The molecule has 2 rings (SSSR count). The summed E-state index contributed by atoms with van der Waals surface area (Å²) in [5.74, 6) is -0.732. The van der Waals surface area contributed by atoms with Crippen molar-refractivity contribution in [2.45, 2.75) is 24.4 Å². The molecule has 1 aliphatic heterocycles. The van der Waals surface area contributed by atoms with Gasteiger partial charge in [0.25, 0.3) is 5.91 Å². The van der Waals surface area contributed by atoms with Gasteiger partial charge in [0.05, 0.1) is 13.7 Å². The van der Waals surface area contributed by atoms with Gasteiger partial charge >= 0.3 is 0 Å². The van der Waals surface area contributed by atoms with E-state index < -0.39 is 36.9 Å². The number of primary amides is 1. The average Bonchev–Trinajstić information content (AvgIpc) is 2.92. The van der Waals surface area contributed by atoms with Crippen LogP contribution >= 0.6 is 0 Å². The smallest absolute Gasteiger partial charge is 0.270 e. The van der Waals surface area contributed by atoms with Gasteiger partial charge in [0.1, 0.15) is 30.1 Å². The third-order valence-corrected chi connectivity index (χ3v) is 3.01. The van der Waals surface area contributed by atoms with Gasteiger partial charge in [-0.15, -0.1) is 0 Å². The molecule has 1 aromatic heterocycles. The zero-order chi connectivity index (χ0) is 14.2. The Morgan fingerprint density at radius 1 is 1.53 bits per heavy atom. The highest BCUT2D eigenvalue weighted by Crippen LogP contribution is 2.37. The Balaban J connectivity index is 2.35. The van der Waals surface area contributed by atoms with Crippen LogP contribution in [0.25, 0.3) is 0 Å². The maximum Gasteiger partial charge on any atom is 0.270 e. The van der Waals surface area contributed by atoms with E-state index in [4.69, 9.17) is 20.3 Å². The Labute approximate surface area is 107 Å². The predicted molar refractivity (Wildman–Crippen MR) is 60.4 cm³/mol. The van der Waals surface area contributed by atoms with Crippen molar-refractivity contribution in [2.24, 2.45) is 5.73 Å². The molecule has 0 radical (unpaired) electrons. The van der Waals surface area contributed by atoms with E-state index in [1.165, 1.54) is 7.11 Å². The van der Waals surface area contributed by atoms with Gasteiger partial charge in [-0.25, -0.2) is 0 Å². The van der Waals surface area contributed by atoms with Gasteiger partial charge in [-0.1, -0.05) is 0 Å². The molecule has 106 valence electrons. The summed E-state index contributed by atoms with van der Waals surface area (Å²) in [7, 11) is 1.31. The van der Waals surface area contributed by atoms with Gasteiger partial charge < -0.3 is 30.5 Å². The normalized spacial score (nSPS) is 30.5. The van der Waals surface area contributed by atoms with Gasteiger partial charge in [0.15, 0.2) is 11.4 Å². The van der Waals surface area contributed by atoms with Crippen LogP contribution in [0.1, 0.15) is 22.3 Å². The number of aromatic nitrogens is 2. The molecular formula is C10H15N3O6. The molecule has 0 aromatic carbocycles. The highest BCUT2D eigenvalue weighted by atomic mass is 16.6. The summed E-state index contributed by atoms with van der Waals surface area (Å²) in [6.07, 6.45) is -4.51. The number of rotatable bonds is 4. The number of hydrogen-bond acceptors (Lipinski definition) is 7. The second-order valence-corrected chi connectivity index (χ2v) is 4.14. The molecule has 0 unspecified atom stereocenters. The molecule has 9 heteroatoms. The standard InChI is InChI=1S/C10H15N3O6/c1-18-8-4(12-13-5(8)10(11)17)9-7(16)6(15)3(2-14)19-9/h3,6-7,9,14-16H,2H2,1H3,(H2,11,17)(H,12,13)/t3-,6-,7-,9+/m1/s1. The van der Waals surface area contributed by atoms with Crippen LogP contribution in [0.4, 0.5) is 0 Å². The predicted octanol–water partition coefficient (Wildman–Crippen LogP) is -2.33. The number of carbonyl (C=O) groups is 1. The first-order valence-corrected chi connectivity index (χ1v) is 5.55. The van der Waals surface area contributed by atoms with Crippen molar-refractivity contribution < 1.29 is 29.6 Å². The highest BCUT2D eigenvalue weighted by molar-refractivity contribution is 5.93. The molecule has 0 spiro atoms. The second kappa shape index (κ2) is 5.13. The molecular weight excluding hydrogens is 258 g/mol. The molecule has 2 heterocycles. The van der Waals surface area contributed by atoms with Crippen molar-refractivity contribution in [3.8, 4) is 5.75 Å². The SMILES string of the molecule is COc1c([C@@H]2O[C@H](CO)[C@@H](O)[C@H]2O)n[nH]c1C(N)=O. The van der Waals surface area contributed by atoms with Crippen LogP contribution < -0.4 is 10.5 Å². The first-order valence-electron chi connectivity index (χ1n) is 5.55. The van der Waals surface area contributed by atoms with Crippen molar-refractivity contribution in [1.82, 2.24) is 10.2 Å². The summed E-state index contributed by atoms with van der Waals surface area (Å²) in [6.45, 7) is -0.454. The quantitative estimate of drug-likeness (QED) is 0.412. The van der Waals surface area contributed by atoms with Gasteiger partial charge in [0, 0.05) is 0 Å². The van der Waals surface area contributed by atoms with Crippen molar-refractivity contribution >= 4 is 5.91 Å². The van der Waals surface area contributed by atoms with Crippen LogP contribution in [0.2, 0.25) is 0 Å². The zero-order valence-corrected chi connectivity index (χ0v) is 10.1. The first kappa shape index (κ1) is 13.7. The maximum absolute atomic E-state index is 11.2. The molecule has 1 aliphatic rings. The Hall–Kier alpha value is -1.68. The van der Waals surface area contributed by atoms with E-state index in [1.54, 1.807) is 0 Å². The van der Waals surface area contributed by atoms with Gasteiger partial charge in [-0.05, 0) is 0 Å². The summed E-state index contributed by atoms with van der Waals surface area (Å²) >= 11 is 0. The van der Waals surface area contributed by atoms with Crippen LogP contribution in [0, 0.1) is 0 Å². The Kier molecular flexibility index (Phi) is 3.71. The second-order valence-electron chi connectivity index (χ2n) is 4.14. The third kappa shape index (κ3) is 2.16. The number of hydrogen-bond donors (Lipinski definition) is 5. The van der Waals surface area contributed by atoms with Crippen molar-refractivity contribution in [2.75, 3.05) is 13.7 Å². The monoisotopic (exact) mass is 273 g/mol. The van der Waals surface area contributed by atoms with Crippen LogP contribution in [0.5, 0.6) is 5.75 Å². The van der Waals surface area contributed by atoms with E-state index in [0.717, 1.165) is 0 Å². The van der Waals surface area contributed by atoms with Crippen LogP contribution in [0.15, 0.2) is 0 Å². The van der Waals surface area contributed by atoms with Crippen LogP contribution in [0.3, 0.4) is 0 Å². The number of aliphatic hydroxyl groups is 3.